The van der Waals surface area contributed by atoms with Gasteiger partial charge in [-0.05, 0) is 79.7 Å². The quantitative estimate of drug-likeness (QED) is 0.835. The van der Waals surface area contributed by atoms with Gasteiger partial charge in [0.1, 0.15) is 5.75 Å². The molecule has 0 heterocycles. The van der Waals surface area contributed by atoms with Crippen molar-refractivity contribution in [3.63, 3.8) is 0 Å². The van der Waals surface area contributed by atoms with Crippen LogP contribution in [-0.4, -0.2) is 13.2 Å². The Morgan fingerprint density at radius 2 is 1.79 bits per heavy atom. The van der Waals surface area contributed by atoms with Gasteiger partial charge in [0.15, 0.2) is 0 Å². The van der Waals surface area contributed by atoms with E-state index in [1.165, 1.54) is 41.4 Å². The average molecular weight is 273 g/mol. The summed E-state index contributed by atoms with van der Waals surface area (Å²) in [4.78, 5) is 1.24. The van der Waals surface area contributed by atoms with E-state index in [4.69, 9.17) is 4.74 Å². The van der Waals surface area contributed by atoms with E-state index in [9.17, 15) is 0 Å². The lowest BCUT2D eigenvalue weighted by atomic mass is 10.1. The lowest BCUT2D eigenvalue weighted by Gasteiger charge is -2.13. The molecule has 0 amide bonds. The SMILES string of the molecule is CNSc1ccc2cc(OC3CCCC3)ccc2c1. The van der Waals surface area contributed by atoms with Crippen molar-refractivity contribution >= 4 is 22.7 Å². The van der Waals surface area contributed by atoms with Crippen LogP contribution in [0.2, 0.25) is 0 Å². The number of hydrogen-bond donors (Lipinski definition) is 1. The summed E-state index contributed by atoms with van der Waals surface area (Å²) < 4.78 is 9.14. The molecule has 0 radical (unpaired) electrons. The van der Waals surface area contributed by atoms with Crippen molar-refractivity contribution in [3.05, 3.63) is 36.4 Å². The van der Waals surface area contributed by atoms with Gasteiger partial charge in [0.25, 0.3) is 0 Å². The first-order chi connectivity index (χ1) is 9.35. The third-order valence-corrected chi connectivity index (χ3v) is 4.30. The van der Waals surface area contributed by atoms with Gasteiger partial charge in [-0.25, -0.2) is 0 Å². The molecular formula is C16H19NOS. The maximum Gasteiger partial charge on any atom is 0.120 e. The Kier molecular flexibility index (Phi) is 3.95. The summed E-state index contributed by atoms with van der Waals surface area (Å²) >= 11 is 1.64. The maximum atomic E-state index is 6.04. The van der Waals surface area contributed by atoms with Crippen molar-refractivity contribution in [1.82, 2.24) is 4.72 Å². The number of hydrogen-bond acceptors (Lipinski definition) is 3. The zero-order chi connectivity index (χ0) is 13.1. The first-order valence-corrected chi connectivity index (χ1v) is 7.71. The van der Waals surface area contributed by atoms with Gasteiger partial charge >= 0.3 is 0 Å². The van der Waals surface area contributed by atoms with E-state index >= 15 is 0 Å². The predicted octanol–water partition coefficient (Wildman–Crippen LogP) is 4.39. The van der Waals surface area contributed by atoms with Crippen LogP contribution in [0, 0.1) is 0 Å². The third-order valence-electron chi connectivity index (χ3n) is 3.61. The van der Waals surface area contributed by atoms with Crippen molar-refractivity contribution in [2.45, 2.75) is 36.7 Å². The molecule has 100 valence electrons. The van der Waals surface area contributed by atoms with E-state index in [2.05, 4.69) is 41.1 Å². The molecule has 0 unspecified atom stereocenters. The smallest absolute Gasteiger partial charge is 0.120 e. The van der Waals surface area contributed by atoms with Crippen LogP contribution in [0.15, 0.2) is 41.3 Å². The molecule has 0 atom stereocenters. The molecule has 1 fully saturated rings. The van der Waals surface area contributed by atoms with Gasteiger partial charge in [-0.1, -0.05) is 12.1 Å². The van der Waals surface area contributed by atoms with Crippen molar-refractivity contribution in [2.75, 3.05) is 7.05 Å². The second-order valence-corrected chi connectivity index (χ2v) is 6.09. The van der Waals surface area contributed by atoms with Gasteiger partial charge in [-0.15, -0.1) is 0 Å². The van der Waals surface area contributed by atoms with Crippen LogP contribution < -0.4 is 9.46 Å². The Morgan fingerprint density at radius 1 is 1.05 bits per heavy atom. The highest BCUT2D eigenvalue weighted by Crippen LogP contribution is 2.28. The molecule has 2 nitrogen and oxygen atoms in total. The van der Waals surface area contributed by atoms with E-state index < -0.39 is 0 Å². The lowest BCUT2D eigenvalue weighted by molar-refractivity contribution is 0.210. The summed E-state index contributed by atoms with van der Waals surface area (Å²) in [7, 11) is 1.94. The van der Waals surface area contributed by atoms with Crippen LogP contribution in [0.5, 0.6) is 5.75 Å². The molecule has 1 aliphatic carbocycles. The molecule has 1 N–H and O–H groups in total. The fourth-order valence-corrected chi connectivity index (χ4v) is 3.21. The minimum atomic E-state index is 0.427. The zero-order valence-electron chi connectivity index (χ0n) is 11.2. The zero-order valence-corrected chi connectivity index (χ0v) is 12.0. The number of benzene rings is 2. The fraction of sp³-hybridized carbons (Fsp3) is 0.375. The number of fused-ring (bicyclic) bond motifs is 1. The minimum absolute atomic E-state index is 0.427. The van der Waals surface area contributed by atoms with E-state index in [1.54, 1.807) is 11.9 Å². The van der Waals surface area contributed by atoms with Gasteiger partial charge < -0.3 is 4.74 Å². The van der Waals surface area contributed by atoms with Crippen LogP contribution in [0.3, 0.4) is 0 Å². The highest BCUT2D eigenvalue weighted by molar-refractivity contribution is 7.97. The van der Waals surface area contributed by atoms with Gasteiger partial charge in [0, 0.05) is 4.90 Å². The van der Waals surface area contributed by atoms with Crippen molar-refractivity contribution < 1.29 is 4.74 Å². The van der Waals surface area contributed by atoms with Gasteiger partial charge in [0.2, 0.25) is 0 Å². The molecule has 1 saturated carbocycles. The van der Waals surface area contributed by atoms with Gasteiger partial charge in [0.05, 0.1) is 6.10 Å². The molecule has 0 saturated heterocycles. The van der Waals surface area contributed by atoms with E-state index in [0.717, 1.165) is 5.75 Å². The van der Waals surface area contributed by atoms with Crippen LogP contribution in [0.4, 0.5) is 0 Å². The molecule has 0 bridgehead atoms. The molecule has 3 rings (SSSR count). The second-order valence-electron chi connectivity index (χ2n) is 5.00. The first-order valence-electron chi connectivity index (χ1n) is 6.89. The highest BCUT2D eigenvalue weighted by Gasteiger charge is 2.16. The largest absolute Gasteiger partial charge is 0.490 e. The summed E-state index contributed by atoms with van der Waals surface area (Å²) in [6, 6.07) is 12.9. The summed E-state index contributed by atoms with van der Waals surface area (Å²) in [5.41, 5.74) is 0. The normalized spacial score (nSPS) is 16.1. The molecule has 0 aromatic heterocycles. The van der Waals surface area contributed by atoms with Crippen molar-refractivity contribution in [1.29, 1.82) is 0 Å². The molecule has 0 aliphatic heterocycles. The Morgan fingerprint density at radius 3 is 2.58 bits per heavy atom. The first kappa shape index (κ1) is 12.8. The number of rotatable bonds is 4. The summed E-state index contributed by atoms with van der Waals surface area (Å²) in [6.07, 6.45) is 5.45. The molecular weight excluding hydrogens is 254 g/mol. The molecule has 2 aromatic rings. The predicted molar refractivity (Wildman–Crippen MR) is 81.7 cm³/mol. The Hall–Kier alpha value is -1.19. The Balaban J connectivity index is 1.82. The summed E-state index contributed by atoms with van der Waals surface area (Å²) in [5.74, 6) is 1.01. The monoisotopic (exact) mass is 273 g/mol. The molecule has 3 heteroatoms. The molecule has 0 spiro atoms. The Bertz CT molecular complexity index is 564. The van der Waals surface area contributed by atoms with Crippen LogP contribution >= 0.6 is 11.9 Å². The highest BCUT2D eigenvalue weighted by atomic mass is 32.2. The van der Waals surface area contributed by atoms with Crippen molar-refractivity contribution in [2.24, 2.45) is 0 Å². The van der Waals surface area contributed by atoms with Gasteiger partial charge in [-0.2, -0.15) is 0 Å². The molecule has 2 aromatic carbocycles. The fourth-order valence-electron chi connectivity index (χ4n) is 2.66. The molecule has 1 aliphatic rings. The Labute approximate surface area is 118 Å². The van der Waals surface area contributed by atoms with E-state index in [0.29, 0.717) is 6.10 Å². The van der Waals surface area contributed by atoms with Crippen molar-refractivity contribution in [3.8, 4) is 5.75 Å². The summed E-state index contributed by atoms with van der Waals surface area (Å²) in [6.45, 7) is 0. The standard InChI is InChI=1S/C16H19NOS/c1-17-19-16-9-7-12-10-15(8-6-13(12)11-16)18-14-4-2-3-5-14/h6-11,14,17H,2-5H2,1H3. The van der Waals surface area contributed by atoms with Gasteiger partial charge in [-0.3, -0.25) is 4.72 Å². The maximum absolute atomic E-state index is 6.04. The number of ether oxygens (including phenoxy) is 1. The minimum Gasteiger partial charge on any atom is -0.490 e. The second kappa shape index (κ2) is 5.85. The van der Waals surface area contributed by atoms with Crippen LogP contribution in [0.1, 0.15) is 25.7 Å². The lowest BCUT2D eigenvalue weighted by Crippen LogP contribution is -2.10. The topological polar surface area (TPSA) is 21.3 Å². The number of nitrogens with one attached hydrogen (secondary N) is 1. The van der Waals surface area contributed by atoms with E-state index in [1.807, 2.05) is 7.05 Å². The third kappa shape index (κ3) is 3.04. The summed E-state index contributed by atoms with van der Waals surface area (Å²) in [5, 5.41) is 2.51. The van der Waals surface area contributed by atoms with E-state index in [-0.39, 0.29) is 0 Å². The molecule has 19 heavy (non-hydrogen) atoms. The van der Waals surface area contributed by atoms with Crippen LogP contribution in [-0.2, 0) is 0 Å². The average Bonchev–Trinajstić information content (AvgIpc) is 2.92. The van der Waals surface area contributed by atoms with Crippen LogP contribution in [0.25, 0.3) is 10.8 Å².